The third kappa shape index (κ3) is 4.85. The first-order valence-electron chi connectivity index (χ1n) is 6.34. The molecule has 0 aliphatic heterocycles. The van der Waals surface area contributed by atoms with E-state index in [0.717, 1.165) is 0 Å². The van der Waals surface area contributed by atoms with Gasteiger partial charge >= 0.3 is 0 Å². The predicted molar refractivity (Wildman–Crippen MR) is 80.4 cm³/mol. The van der Waals surface area contributed by atoms with Crippen molar-refractivity contribution < 1.29 is 8.42 Å². The van der Waals surface area contributed by atoms with Crippen LogP contribution in [0.25, 0.3) is 0 Å². The lowest BCUT2D eigenvalue weighted by Gasteiger charge is -2.25. The van der Waals surface area contributed by atoms with Crippen molar-refractivity contribution in [3.05, 3.63) is 22.9 Å². The van der Waals surface area contributed by atoms with Crippen LogP contribution >= 0.6 is 15.9 Å². The summed E-state index contributed by atoms with van der Waals surface area (Å²) in [5, 5.41) is 0. The zero-order valence-electron chi connectivity index (χ0n) is 11.8. The van der Waals surface area contributed by atoms with Crippen molar-refractivity contribution in [2.75, 3.05) is 13.1 Å². The molecule has 108 valence electrons. The summed E-state index contributed by atoms with van der Waals surface area (Å²) >= 11 is 3.26. The molecule has 6 heteroatoms. The minimum absolute atomic E-state index is 0.239. The maximum absolute atomic E-state index is 12.6. The Kier molecular flexibility index (Phi) is 5.95. The molecule has 0 atom stereocenters. The summed E-state index contributed by atoms with van der Waals surface area (Å²) < 4.78 is 27.5. The lowest BCUT2D eigenvalue weighted by molar-refractivity contribution is 0.333. The second-order valence-electron chi connectivity index (χ2n) is 5.45. The highest BCUT2D eigenvalue weighted by Gasteiger charge is 2.26. The first-order valence-corrected chi connectivity index (χ1v) is 8.57. The van der Waals surface area contributed by atoms with E-state index in [9.17, 15) is 8.42 Å². The van der Waals surface area contributed by atoms with Crippen LogP contribution in [0.15, 0.2) is 27.8 Å². The van der Waals surface area contributed by atoms with E-state index in [4.69, 9.17) is 0 Å². The molecular weight excluding hydrogens is 328 g/mol. The number of nitrogens with zero attached hydrogens (tertiary/aromatic N) is 2. The van der Waals surface area contributed by atoms with Gasteiger partial charge in [-0.15, -0.1) is 0 Å². The van der Waals surface area contributed by atoms with Gasteiger partial charge in [0.05, 0.1) is 0 Å². The zero-order chi connectivity index (χ0) is 14.6. The molecule has 0 aliphatic carbocycles. The van der Waals surface area contributed by atoms with Gasteiger partial charge in [-0.3, -0.25) is 4.98 Å². The van der Waals surface area contributed by atoms with Crippen molar-refractivity contribution in [2.45, 2.75) is 32.6 Å². The van der Waals surface area contributed by atoms with Crippen molar-refractivity contribution in [1.82, 2.24) is 9.29 Å². The second kappa shape index (κ2) is 6.81. The smallest absolute Gasteiger partial charge is 0.244 e. The number of hydrogen-bond donors (Lipinski definition) is 0. The van der Waals surface area contributed by atoms with E-state index in [2.05, 4.69) is 20.9 Å². The van der Waals surface area contributed by atoms with Gasteiger partial charge in [0.15, 0.2) is 0 Å². The van der Waals surface area contributed by atoms with Gasteiger partial charge in [-0.25, -0.2) is 8.42 Å². The molecule has 0 fully saturated rings. The molecule has 1 aromatic heterocycles. The van der Waals surface area contributed by atoms with Crippen LogP contribution in [0.2, 0.25) is 0 Å². The average molecular weight is 349 g/mol. The Morgan fingerprint density at radius 2 is 1.68 bits per heavy atom. The minimum Gasteiger partial charge on any atom is -0.262 e. The minimum atomic E-state index is -3.47. The van der Waals surface area contributed by atoms with Crippen LogP contribution in [-0.2, 0) is 10.0 Å². The van der Waals surface area contributed by atoms with Gasteiger partial charge in [0.25, 0.3) is 0 Å². The summed E-state index contributed by atoms with van der Waals surface area (Å²) in [6, 6.07) is 1.59. The number of sulfonamides is 1. The van der Waals surface area contributed by atoms with Crippen LogP contribution in [0, 0.1) is 11.8 Å². The van der Waals surface area contributed by atoms with Crippen LogP contribution in [0.3, 0.4) is 0 Å². The van der Waals surface area contributed by atoms with Crippen molar-refractivity contribution in [3.8, 4) is 0 Å². The highest BCUT2D eigenvalue weighted by atomic mass is 79.9. The maximum Gasteiger partial charge on any atom is 0.244 e. The third-order valence-electron chi connectivity index (χ3n) is 2.46. The maximum atomic E-state index is 12.6. The van der Waals surface area contributed by atoms with Gasteiger partial charge < -0.3 is 0 Å². The molecular formula is C13H21BrN2O2S. The average Bonchev–Trinajstić information content (AvgIpc) is 2.26. The highest BCUT2D eigenvalue weighted by molar-refractivity contribution is 9.10. The lowest BCUT2D eigenvalue weighted by atomic mass is 10.2. The molecule has 4 nitrogen and oxygen atoms in total. The Hall–Kier alpha value is -0.460. The molecule has 0 aromatic carbocycles. The molecule has 0 aliphatic rings. The summed E-state index contributed by atoms with van der Waals surface area (Å²) in [4.78, 5) is 4.18. The fraction of sp³-hybridized carbons (Fsp3) is 0.615. The Morgan fingerprint density at radius 3 is 2.11 bits per heavy atom. The number of halogens is 1. The topological polar surface area (TPSA) is 50.3 Å². The fourth-order valence-electron chi connectivity index (χ4n) is 1.77. The first kappa shape index (κ1) is 16.6. The van der Waals surface area contributed by atoms with Gasteiger partial charge in [0.2, 0.25) is 10.0 Å². The van der Waals surface area contributed by atoms with Crippen LogP contribution in [0.5, 0.6) is 0 Å². The molecule has 1 aromatic rings. The molecule has 0 radical (unpaired) electrons. The largest absolute Gasteiger partial charge is 0.262 e. The molecule has 19 heavy (non-hydrogen) atoms. The Morgan fingerprint density at radius 1 is 1.16 bits per heavy atom. The van der Waals surface area contributed by atoms with Gasteiger partial charge in [-0.1, -0.05) is 27.7 Å². The third-order valence-corrected chi connectivity index (χ3v) is 4.69. The lowest BCUT2D eigenvalue weighted by Crippen LogP contribution is -2.37. The molecule has 0 amide bonds. The van der Waals surface area contributed by atoms with E-state index in [0.29, 0.717) is 17.6 Å². The van der Waals surface area contributed by atoms with Crippen molar-refractivity contribution in [3.63, 3.8) is 0 Å². The molecule has 0 spiro atoms. The Bertz CT molecular complexity index is 505. The number of rotatable bonds is 6. The van der Waals surface area contributed by atoms with Gasteiger partial charge in [-0.05, 0) is 33.8 Å². The number of pyridine rings is 1. The Balaban J connectivity index is 3.11. The van der Waals surface area contributed by atoms with Crippen molar-refractivity contribution >= 4 is 26.0 Å². The van der Waals surface area contributed by atoms with Crippen molar-refractivity contribution in [1.29, 1.82) is 0 Å². The molecule has 1 heterocycles. The summed E-state index contributed by atoms with van der Waals surface area (Å²) in [5.74, 6) is 0.572. The highest BCUT2D eigenvalue weighted by Crippen LogP contribution is 2.20. The zero-order valence-corrected chi connectivity index (χ0v) is 14.2. The number of aromatic nitrogens is 1. The van der Waals surface area contributed by atoms with E-state index < -0.39 is 10.0 Å². The van der Waals surface area contributed by atoms with E-state index >= 15 is 0 Å². The van der Waals surface area contributed by atoms with Crippen LogP contribution in [0.1, 0.15) is 27.7 Å². The van der Waals surface area contributed by atoms with Crippen LogP contribution < -0.4 is 0 Å². The van der Waals surface area contributed by atoms with Crippen LogP contribution in [-0.4, -0.2) is 30.8 Å². The molecule has 0 saturated carbocycles. The van der Waals surface area contributed by atoms with E-state index in [1.807, 2.05) is 27.7 Å². The first-order chi connectivity index (χ1) is 8.73. The van der Waals surface area contributed by atoms with Crippen LogP contribution in [0.4, 0.5) is 0 Å². The molecule has 0 bridgehead atoms. The predicted octanol–water partition coefficient (Wildman–Crippen LogP) is 3.15. The van der Waals surface area contributed by atoms with E-state index in [-0.39, 0.29) is 16.7 Å². The normalized spacial score (nSPS) is 12.6. The van der Waals surface area contributed by atoms with Crippen molar-refractivity contribution in [2.24, 2.45) is 11.8 Å². The molecule has 0 N–H and O–H groups in total. The quantitative estimate of drug-likeness (QED) is 0.793. The number of hydrogen-bond acceptors (Lipinski definition) is 3. The second-order valence-corrected chi connectivity index (χ2v) is 8.30. The standard InChI is InChI=1S/C13H21BrN2O2S/c1-10(2)8-16(9-11(3)4)19(17,18)13-5-12(14)6-15-7-13/h5-7,10-11H,8-9H2,1-4H3. The summed E-state index contributed by atoms with van der Waals surface area (Å²) in [6.07, 6.45) is 2.97. The van der Waals surface area contributed by atoms with Gasteiger partial charge in [-0.2, -0.15) is 4.31 Å². The van der Waals surface area contributed by atoms with Gasteiger partial charge in [0, 0.05) is 30.0 Å². The van der Waals surface area contributed by atoms with E-state index in [1.165, 1.54) is 6.20 Å². The molecule has 0 saturated heterocycles. The summed E-state index contributed by atoms with van der Waals surface area (Å²) in [6.45, 7) is 9.11. The Labute approximate surface area is 124 Å². The molecule has 0 unspecified atom stereocenters. The monoisotopic (exact) mass is 348 g/mol. The van der Waals surface area contributed by atoms with Gasteiger partial charge in [0.1, 0.15) is 4.90 Å². The fourth-order valence-corrected chi connectivity index (χ4v) is 4.04. The summed E-state index contributed by atoms with van der Waals surface area (Å²) in [5.41, 5.74) is 0. The molecule has 1 rings (SSSR count). The summed E-state index contributed by atoms with van der Waals surface area (Å²) in [7, 11) is -3.47. The SMILES string of the molecule is CC(C)CN(CC(C)C)S(=O)(=O)c1cncc(Br)c1. The van der Waals surface area contributed by atoms with E-state index in [1.54, 1.807) is 16.6 Å².